The molecule has 1 heterocycles. The van der Waals surface area contributed by atoms with Gasteiger partial charge < -0.3 is 5.32 Å². The van der Waals surface area contributed by atoms with E-state index in [1.165, 1.54) is 4.57 Å². The summed E-state index contributed by atoms with van der Waals surface area (Å²) in [5.74, 6) is -0.197. The molecule has 0 spiro atoms. The van der Waals surface area contributed by atoms with Crippen LogP contribution in [0.3, 0.4) is 0 Å². The molecule has 0 fully saturated rings. The molecule has 2 aromatic carbocycles. The molecular weight excluding hydrogens is 370 g/mol. The highest BCUT2D eigenvalue weighted by Gasteiger charge is 2.16. The van der Waals surface area contributed by atoms with Crippen LogP contribution < -0.4 is 11.0 Å². The summed E-state index contributed by atoms with van der Waals surface area (Å²) in [6.45, 7) is 1.92. The van der Waals surface area contributed by atoms with E-state index in [2.05, 4.69) is 21.2 Å². The first-order chi connectivity index (χ1) is 11.5. The average molecular weight is 388 g/mol. The number of fused-ring (bicyclic) bond motifs is 1. The molecule has 1 N–H and O–H groups in total. The first-order valence-electron chi connectivity index (χ1n) is 7.67. The second-order valence-corrected chi connectivity index (χ2v) is 6.58. The van der Waals surface area contributed by atoms with Crippen LogP contribution in [-0.4, -0.2) is 15.0 Å². The highest BCUT2D eigenvalue weighted by Crippen LogP contribution is 2.22. The van der Waals surface area contributed by atoms with Crippen molar-refractivity contribution >= 4 is 32.9 Å². The van der Waals surface area contributed by atoms with Gasteiger partial charge in [0.05, 0.1) is 17.1 Å². The number of rotatable bonds is 4. The molecule has 0 unspecified atom stereocenters. The predicted octanol–water partition coefficient (Wildman–Crippen LogP) is 2.98. The summed E-state index contributed by atoms with van der Waals surface area (Å²) >= 11 is 3.49. The second-order valence-electron chi connectivity index (χ2n) is 5.73. The number of carbonyl (C=O) groups is 1. The van der Waals surface area contributed by atoms with Gasteiger partial charge in [0.2, 0.25) is 5.91 Å². The number of hydrogen-bond acceptors (Lipinski definition) is 2. The zero-order valence-corrected chi connectivity index (χ0v) is 15.1. The quantitative estimate of drug-likeness (QED) is 0.747. The monoisotopic (exact) mass is 387 g/mol. The summed E-state index contributed by atoms with van der Waals surface area (Å²) in [5.41, 5.74) is 2.37. The van der Waals surface area contributed by atoms with E-state index >= 15 is 0 Å². The number of nitrogens with zero attached hydrogens (tertiary/aromatic N) is 2. The summed E-state index contributed by atoms with van der Waals surface area (Å²) in [6.07, 6.45) is 0. The Morgan fingerprint density at radius 3 is 2.46 bits per heavy atom. The van der Waals surface area contributed by atoms with Crippen molar-refractivity contribution in [3.63, 3.8) is 0 Å². The molecule has 0 bridgehead atoms. The minimum absolute atomic E-state index is 0.00498. The lowest BCUT2D eigenvalue weighted by Crippen LogP contribution is -2.34. The molecule has 5 nitrogen and oxygen atoms in total. The van der Waals surface area contributed by atoms with E-state index in [1.807, 2.05) is 55.5 Å². The van der Waals surface area contributed by atoms with Crippen molar-refractivity contribution in [3.05, 3.63) is 69.1 Å². The second kappa shape index (κ2) is 6.65. The number of aryl methyl sites for hydroxylation is 1. The van der Waals surface area contributed by atoms with Crippen molar-refractivity contribution in [2.75, 3.05) is 0 Å². The van der Waals surface area contributed by atoms with Crippen LogP contribution in [0.1, 0.15) is 18.5 Å². The molecule has 1 atom stereocenters. The van der Waals surface area contributed by atoms with E-state index in [4.69, 9.17) is 0 Å². The van der Waals surface area contributed by atoms with E-state index in [0.29, 0.717) is 0 Å². The highest BCUT2D eigenvalue weighted by molar-refractivity contribution is 9.10. The van der Waals surface area contributed by atoms with Crippen LogP contribution in [0.5, 0.6) is 0 Å². The molecule has 0 radical (unpaired) electrons. The minimum atomic E-state index is -0.197. The molecule has 0 saturated carbocycles. The van der Waals surface area contributed by atoms with Crippen LogP contribution in [0, 0.1) is 0 Å². The van der Waals surface area contributed by atoms with Crippen molar-refractivity contribution in [2.24, 2.45) is 7.05 Å². The molecular formula is C18H18BrN3O2. The summed E-state index contributed by atoms with van der Waals surface area (Å²) in [5, 5.41) is 2.95. The van der Waals surface area contributed by atoms with Gasteiger partial charge in [-0.05, 0) is 30.7 Å². The van der Waals surface area contributed by atoms with Gasteiger partial charge in [0.25, 0.3) is 0 Å². The molecule has 6 heteroatoms. The first kappa shape index (κ1) is 16.5. The van der Waals surface area contributed by atoms with Crippen LogP contribution in [0.4, 0.5) is 0 Å². The fourth-order valence-corrected chi connectivity index (χ4v) is 3.48. The van der Waals surface area contributed by atoms with Crippen LogP contribution in [0.2, 0.25) is 0 Å². The number of para-hydroxylation sites is 2. The Morgan fingerprint density at radius 1 is 1.12 bits per heavy atom. The SMILES string of the molecule is C[C@H](NC(=O)Cn1c(=O)n(C)c2ccccc21)c1ccccc1Br. The van der Waals surface area contributed by atoms with Crippen LogP contribution >= 0.6 is 15.9 Å². The molecule has 3 aromatic rings. The number of imidazole rings is 1. The molecule has 0 aliphatic rings. The summed E-state index contributed by atoms with van der Waals surface area (Å²) in [7, 11) is 1.71. The molecule has 24 heavy (non-hydrogen) atoms. The van der Waals surface area contributed by atoms with Crippen LogP contribution in [0.15, 0.2) is 57.8 Å². The molecule has 1 aromatic heterocycles. The van der Waals surface area contributed by atoms with Crippen molar-refractivity contribution < 1.29 is 4.79 Å². The van der Waals surface area contributed by atoms with E-state index in [1.54, 1.807) is 11.6 Å². The zero-order valence-electron chi connectivity index (χ0n) is 13.5. The first-order valence-corrected chi connectivity index (χ1v) is 8.46. The Bertz CT molecular complexity index is 958. The Kier molecular flexibility index (Phi) is 4.57. The van der Waals surface area contributed by atoms with Crippen LogP contribution in [-0.2, 0) is 18.4 Å². The number of benzene rings is 2. The van der Waals surface area contributed by atoms with Gasteiger partial charge in [-0.15, -0.1) is 0 Å². The third-order valence-electron chi connectivity index (χ3n) is 4.10. The lowest BCUT2D eigenvalue weighted by molar-refractivity contribution is -0.122. The van der Waals surface area contributed by atoms with Gasteiger partial charge >= 0.3 is 5.69 Å². The standard InChI is InChI=1S/C18H18BrN3O2/c1-12(13-7-3-4-8-14(13)19)20-17(23)11-22-16-10-6-5-9-15(16)21(2)18(22)24/h3-10,12H,11H2,1-2H3,(H,20,23)/t12-/m0/s1. The van der Waals surface area contributed by atoms with Crippen molar-refractivity contribution in [3.8, 4) is 0 Å². The van der Waals surface area contributed by atoms with Crippen molar-refractivity contribution in [1.29, 1.82) is 0 Å². The normalized spacial score (nSPS) is 12.3. The zero-order chi connectivity index (χ0) is 17.3. The topological polar surface area (TPSA) is 56.0 Å². The smallest absolute Gasteiger partial charge is 0.329 e. The maximum atomic E-state index is 12.4. The van der Waals surface area contributed by atoms with Gasteiger partial charge in [-0.25, -0.2) is 4.79 Å². The lowest BCUT2D eigenvalue weighted by atomic mass is 10.1. The fourth-order valence-electron chi connectivity index (χ4n) is 2.85. The molecule has 3 rings (SSSR count). The van der Waals surface area contributed by atoms with E-state index in [0.717, 1.165) is 21.1 Å². The molecule has 124 valence electrons. The number of hydrogen-bond donors (Lipinski definition) is 1. The predicted molar refractivity (Wildman–Crippen MR) is 97.9 cm³/mol. The third-order valence-corrected chi connectivity index (χ3v) is 4.82. The Hall–Kier alpha value is -2.34. The maximum absolute atomic E-state index is 12.4. The highest BCUT2D eigenvalue weighted by atomic mass is 79.9. The van der Waals surface area contributed by atoms with Gasteiger partial charge in [0, 0.05) is 11.5 Å². The van der Waals surface area contributed by atoms with Gasteiger partial charge in [-0.3, -0.25) is 13.9 Å². The van der Waals surface area contributed by atoms with Crippen LogP contribution in [0.25, 0.3) is 11.0 Å². The number of carbonyl (C=O) groups excluding carboxylic acids is 1. The minimum Gasteiger partial charge on any atom is -0.348 e. The Morgan fingerprint density at radius 2 is 1.75 bits per heavy atom. The molecule has 0 aliphatic heterocycles. The number of nitrogens with one attached hydrogen (secondary N) is 1. The largest absolute Gasteiger partial charge is 0.348 e. The maximum Gasteiger partial charge on any atom is 0.329 e. The summed E-state index contributed by atoms with van der Waals surface area (Å²) in [4.78, 5) is 24.8. The molecule has 0 aliphatic carbocycles. The Balaban J connectivity index is 1.82. The third kappa shape index (κ3) is 3.01. The van der Waals surface area contributed by atoms with Gasteiger partial charge in [-0.1, -0.05) is 46.3 Å². The van der Waals surface area contributed by atoms with E-state index in [9.17, 15) is 9.59 Å². The van der Waals surface area contributed by atoms with E-state index < -0.39 is 0 Å². The number of aromatic nitrogens is 2. The molecule has 1 amide bonds. The van der Waals surface area contributed by atoms with Crippen molar-refractivity contribution in [1.82, 2.24) is 14.5 Å². The molecule has 0 saturated heterocycles. The van der Waals surface area contributed by atoms with Gasteiger partial charge in [0.15, 0.2) is 0 Å². The fraction of sp³-hybridized carbons (Fsp3) is 0.222. The Labute approximate surface area is 148 Å². The number of amides is 1. The number of halogens is 1. The van der Waals surface area contributed by atoms with E-state index in [-0.39, 0.29) is 24.2 Å². The van der Waals surface area contributed by atoms with Gasteiger partial charge in [-0.2, -0.15) is 0 Å². The van der Waals surface area contributed by atoms with Gasteiger partial charge in [0.1, 0.15) is 6.54 Å². The summed E-state index contributed by atoms with van der Waals surface area (Å²) < 4.78 is 4.00. The van der Waals surface area contributed by atoms with Crippen molar-refractivity contribution in [2.45, 2.75) is 19.5 Å². The summed E-state index contributed by atoms with van der Waals surface area (Å²) in [6, 6.07) is 15.1. The average Bonchev–Trinajstić information content (AvgIpc) is 2.80. The lowest BCUT2D eigenvalue weighted by Gasteiger charge is -2.16.